The third-order valence-corrected chi connectivity index (χ3v) is 4.96. The Kier molecular flexibility index (Phi) is 4.43. The van der Waals surface area contributed by atoms with Crippen molar-refractivity contribution in [1.82, 2.24) is 15.0 Å². The van der Waals surface area contributed by atoms with Crippen molar-refractivity contribution in [2.75, 3.05) is 18.1 Å². The number of aryl methyl sites for hydroxylation is 2. The second-order valence-corrected chi connectivity index (χ2v) is 6.86. The molecule has 7 nitrogen and oxygen atoms in total. The molecule has 0 aliphatic carbocycles. The van der Waals surface area contributed by atoms with Crippen molar-refractivity contribution in [2.45, 2.75) is 20.4 Å². The monoisotopic (exact) mass is 376 g/mol. The van der Waals surface area contributed by atoms with E-state index in [4.69, 9.17) is 4.74 Å². The number of ether oxygens (including phenoxy) is 1. The molecular formula is C21H20N4O3. The molecule has 1 amide bonds. The maximum Gasteiger partial charge on any atom is 0.265 e. The van der Waals surface area contributed by atoms with Gasteiger partial charge in [-0.05, 0) is 55.3 Å². The van der Waals surface area contributed by atoms with Gasteiger partial charge in [-0.1, -0.05) is 11.3 Å². The number of amides is 1. The number of fused-ring (bicyclic) bond motifs is 2. The van der Waals surface area contributed by atoms with Gasteiger partial charge in [0.2, 0.25) is 0 Å². The number of aromatic nitrogens is 3. The van der Waals surface area contributed by atoms with Crippen molar-refractivity contribution in [1.29, 1.82) is 0 Å². The number of Topliss-reactive ketones (excluding diaryl/α,β-unsaturated/α-hetero) is 1. The normalized spacial score (nSPS) is 13.4. The molecule has 0 saturated carbocycles. The first-order valence-electron chi connectivity index (χ1n) is 8.99. The summed E-state index contributed by atoms with van der Waals surface area (Å²) in [5.74, 6) is 0.296. The fraction of sp³-hybridized carbons (Fsp3) is 0.238. The fourth-order valence-corrected chi connectivity index (χ4v) is 3.27. The first kappa shape index (κ1) is 17.9. The summed E-state index contributed by atoms with van der Waals surface area (Å²) in [6, 6.07) is 9.07. The van der Waals surface area contributed by atoms with E-state index in [1.165, 1.54) is 0 Å². The van der Waals surface area contributed by atoms with Gasteiger partial charge in [-0.3, -0.25) is 9.59 Å². The summed E-state index contributed by atoms with van der Waals surface area (Å²) in [5, 5.41) is 8.29. The van der Waals surface area contributed by atoms with Crippen LogP contribution in [0.15, 0.2) is 43.0 Å². The zero-order chi connectivity index (χ0) is 19.8. The number of hydrogen-bond acceptors (Lipinski definition) is 5. The van der Waals surface area contributed by atoms with Crippen molar-refractivity contribution >= 4 is 28.4 Å². The summed E-state index contributed by atoms with van der Waals surface area (Å²) in [5.41, 5.74) is 4.90. The number of ketones is 1. The van der Waals surface area contributed by atoms with Gasteiger partial charge < -0.3 is 9.64 Å². The number of benzene rings is 2. The third-order valence-electron chi connectivity index (χ3n) is 4.96. The van der Waals surface area contributed by atoms with E-state index in [0.29, 0.717) is 23.5 Å². The molecule has 1 aliphatic rings. The molecule has 142 valence electrons. The Morgan fingerprint density at radius 2 is 2.04 bits per heavy atom. The lowest BCUT2D eigenvalue weighted by atomic mass is 10.1. The highest BCUT2D eigenvalue weighted by molar-refractivity contribution is 6.02. The minimum Gasteiger partial charge on any atom is -0.482 e. The smallest absolute Gasteiger partial charge is 0.265 e. The fourth-order valence-electron chi connectivity index (χ4n) is 3.27. The molecule has 28 heavy (non-hydrogen) atoms. The average molecular weight is 376 g/mol. The molecule has 0 atom stereocenters. The Labute approximate surface area is 162 Å². The van der Waals surface area contributed by atoms with Gasteiger partial charge in [0.1, 0.15) is 17.8 Å². The molecule has 0 spiro atoms. The molecule has 2 aromatic carbocycles. The molecule has 0 unspecified atom stereocenters. The van der Waals surface area contributed by atoms with E-state index >= 15 is 0 Å². The minimum absolute atomic E-state index is 0.0160. The third kappa shape index (κ3) is 3.05. The van der Waals surface area contributed by atoms with E-state index in [9.17, 15) is 9.59 Å². The van der Waals surface area contributed by atoms with Crippen LogP contribution in [0, 0.1) is 13.8 Å². The highest BCUT2D eigenvalue weighted by Crippen LogP contribution is 2.33. The summed E-state index contributed by atoms with van der Waals surface area (Å²) < 4.78 is 7.07. The van der Waals surface area contributed by atoms with E-state index in [1.807, 2.05) is 26.0 Å². The quantitative estimate of drug-likeness (QED) is 0.505. The van der Waals surface area contributed by atoms with Gasteiger partial charge >= 0.3 is 0 Å². The van der Waals surface area contributed by atoms with Gasteiger partial charge in [-0.25, -0.2) is 4.68 Å². The molecule has 0 saturated heterocycles. The van der Waals surface area contributed by atoms with E-state index in [-0.39, 0.29) is 24.8 Å². The van der Waals surface area contributed by atoms with Crippen LogP contribution in [0.3, 0.4) is 0 Å². The van der Waals surface area contributed by atoms with Crippen molar-refractivity contribution in [3.8, 4) is 5.75 Å². The van der Waals surface area contributed by atoms with E-state index in [1.54, 1.807) is 33.9 Å². The molecule has 0 fully saturated rings. The Morgan fingerprint density at radius 3 is 2.82 bits per heavy atom. The molecule has 3 aromatic rings. The van der Waals surface area contributed by atoms with Crippen molar-refractivity contribution in [3.05, 3.63) is 59.7 Å². The number of nitrogens with zero attached hydrogens (tertiary/aromatic N) is 4. The maximum atomic E-state index is 12.9. The molecule has 0 radical (unpaired) electrons. The summed E-state index contributed by atoms with van der Waals surface area (Å²) in [4.78, 5) is 26.6. The molecule has 4 rings (SSSR count). The number of anilines is 1. The van der Waals surface area contributed by atoms with E-state index in [2.05, 4.69) is 16.9 Å². The second-order valence-electron chi connectivity index (χ2n) is 6.86. The minimum atomic E-state index is -0.162. The van der Waals surface area contributed by atoms with Crippen LogP contribution >= 0.6 is 0 Å². The topological polar surface area (TPSA) is 77.3 Å². The predicted molar refractivity (Wildman–Crippen MR) is 106 cm³/mol. The van der Waals surface area contributed by atoms with Gasteiger partial charge in [0.05, 0.1) is 11.2 Å². The van der Waals surface area contributed by atoms with Crippen LogP contribution in [0.4, 0.5) is 5.69 Å². The Balaban J connectivity index is 1.65. The van der Waals surface area contributed by atoms with Crippen LogP contribution in [0.2, 0.25) is 0 Å². The van der Waals surface area contributed by atoms with Crippen LogP contribution in [-0.2, 0) is 11.3 Å². The highest BCUT2D eigenvalue weighted by atomic mass is 16.5. The van der Waals surface area contributed by atoms with Gasteiger partial charge in [0.15, 0.2) is 12.4 Å². The standard InChI is InChI=1S/C21H20N4O3/c1-4-7-24-18-10-15(5-6-20(18)28-12-21(24)27)19(26)11-25-17-9-14(3)13(2)8-16(17)22-23-25/h4-6,8-10H,1,7,11-12H2,2-3H3. The SMILES string of the molecule is C=CCN1C(=O)COc2ccc(C(=O)Cn3nnc4cc(C)c(C)cc43)cc21. The van der Waals surface area contributed by atoms with Gasteiger partial charge in [-0.2, -0.15) is 0 Å². The lowest BCUT2D eigenvalue weighted by molar-refractivity contribution is -0.121. The van der Waals surface area contributed by atoms with Gasteiger partial charge in [-0.15, -0.1) is 11.7 Å². The number of hydrogen-bond donors (Lipinski definition) is 0. The van der Waals surface area contributed by atoms with Crippen LogP contribution in [0.5, 0.6) is 5.75 Å². The lowest BCUT2D eigenvalue weighted by Crippen LogP contribution is -2.39. The number of carbonyl (C=O) groups is 2. The first-order valence-corrected chi connectivity index (χ1v) is 8.99. The van der Waals surface area contributed by atoms with Crippen LogP contribution in [-0.4, -0.2) is 39.8 Å². The Hall–Kier alpha value is -3.48. The van der Waals surface area contributed by atoms with Crippen molar-refractivity contribution in [2.24, 2.45) is 0 Å². The summed E-state index contributed by atoms with van der Waals surface area (Å²) in [7, 11) is 0. The van der Waals surface area contributed by atoms with Crippen LogP contribution < -0.4 is 9.64 Å². The molecule has 1 aromatic heterocycles. The molecule has 2 heterocycles. The lowest BCUT2D eigenvalue weighted by Gasteiger charge is -2.28. The van der Waals surface area contributed by atoms with Crippen molar-refractivity contribution < 1.29 is 14.3 Å². The molecular weight excluding hydrogens is 356 g/mol. The van der Waals surface area contributed by atoms with Crippen molar-refractivity contribution in [3.63, 3.8) is 0 Å². The Morgan fingerprint density at radius 1 is 1.25 bits per heavy atom. The summed E-state index contributed by atoms with van der Waals surface area (Å²) in [6.07, 6.45) is 1.65. The first-order chi connectivity index (χ1) is 13.5. The zero-order valence-corrected chi connectivity index (χ0v) is 15.8. The predicted octanol–water partition coefficient (Wildman–Crippen LogP) is 2.84. The highest BCUT2D eigenvalue weighted by Gasteiger charge is 2.25. The second kappa shape index (κ2) is 6.92. The largest absolute Gasteiger partial charge is 0.482 e. The number of rotatable bonds is 5. The van der Waals surface area contributed by atoms with E-state index < -0.39 is 0 Å². The van der Waals surface area contributed by atoms with Gasteiger partial charge in [0.25, 0.3) is 5.91 Å². The van der Waals surface area contributed by atoms with Gasteiger partial charge in [0, 0.05) is 12.1 Å². The maximum absolute atomic E-state index is 12.9. The van der Waals surface area contributed by atoms with Crippen LogP contribution in [0.25, 0.3) is 11.0 Å². The molecule has 0 bridgehead atoms. The zero-order valence-electron chi connectivity index (χ0n) is 15.8. The summed E-state index contributed by atoms with van der Waals surface area (Å²) in [6.45, 7) is 8.13. The number of carbonyl (C=O) groups excluding carboxylic acids is 2. The van der Waals surface area contributed by atoms with E-state index in [0.717, 1.165) is 22.2 Å². The molecule has 1 aliphatic heterocycles. The summed E-state index contributed by atoms with van der Waals surface area (Å²) >= 11 is 0. The molecule has 7 heteroatoms. The van der Waals surface area contributed by atoms with Crippen LogP contribution in [0.1, 0.15) is 21.5 Å². The Bertz CT molecular complexity index is 1120. The average Bonchev–Trinajstić information content (AvgIpc) is 3.05. The molecule has 0 N–H and O–H groups in total.